The molecule has 0 saturated carbocycles. The van der Waals surface area contributed by atoms with Gasteiger partial charge in [-0.25, -0.2) is 0 Å². The lowest BCUT2D eigenvalue weighted by molar-refractivity contribution is -0.137. The number of halogens is 4. The standard InChI is InChI=1S/C13H17ClF3N/c1-3-4-9(2)8-18-10-5-6-12(14)11(7-10)13(15,16)17/h5-7,9,18H,3-4,8H2,1-2H3. The summed E-state index contributed by atoms with van der Waals surface area (Å²) >= 11 is 5.55. The van der Waals surface area contributed by atoms with Gasteiger partial charge < -0.3 is 5.32 Å². The van der Waals surface area contributed by atoms with Crippen LogP contribution in [0.5, 0.6) is 0 Å². The molecule has 0 aliphatic heterocycles. The maximum atomic E-state index is 12.6. The summed E-state index contributed by atoms with van der Waals surface area (Å²) in [4.78, 5) is 0. The second-order valence-corrected chi connectivity index (χ2v) is 4.87. The van der Waals surface area contributed by atoms with Crippen molar-refractivity contribution in [3.63, 3.8) is 0 Å². The van der Waals surface area contributed by atoms with Crippen LogP contribution in [0.1, 0.15) is 32.3 Å². The fourth-order valence-electron chi connectivity index (χ4n) is 1.74. The molecule has 1 N–H and O–H groups in total. The molecule has 1 nitrogen and oxygen atoms in total. The molecule has 0 saturated heterocycles. The summed E-state index contributed by atoms with van der Waals surface area (Å²) in [5.74, 6) is 0.431. The minimum absolute atomic E-state index is 0.269. The predicted molar refractivity (Wildman–Crippen MR) is 69.0 cm³/mol. The smallest absolute Gasteiger partial charge is 0.385 e. The van der Waals surface area contributed by atoms with Gasteiger partial charge in [-0.15, -0.1) is 0 Å². The molecule has 0 aliphatic rings. The number of alkyl halides is 3. The molecule has 0 spiro atoms. The molecule has 0 radical (unpaired) electrons. The molecule has 1 atom stereocenters. The van der Waals surface area contributed by atoms with Gasteiger partial charge in [-0.3, -0.25) is 0 Å². The summed E-state index contributed by atoms with van der Waals surface area (Å²) < 4.78 is 37.9. The van der Waals surface area contributed by atoms with E-state index in [1.165, 1.54) is 6.07 Å². The van der Waals surface area contributed by atoms with Crippen LogP contribution in [-0.4, -0.2) is 6.54 Å². The van der Waals surface area contributed by atoms with Crippen molar-refractivity contribution >= 4 is 17.3 Å². The van der Waals surface area contributed by atoms with E-state index in [1.807, 2.05) is 0 Å². The zero-order chi connectivity index (χ0) is 13.8. The van der Waals surface area contributed by atoms with E-state index in [-0.39, 0.29) is 5.02 Å². The predicted octanol–water partition coefficient (Wildman–Crippen LogP) is 5.21. The third-order valence-electron chi connectivity index (χ3n) is 2.71. The van der Waals surface area contributed by atoms with Crippen molar-refractivity contribution in [2.45, 2.75) is 32.9 Å². The van der Waals surface area contributed by atoms with E-state index in [1.54, 1.807) is 6.07 Å². The zero-order valence-electron chi connectivity index (χ0n) is 10.4. The van der Waals surface area contributed by atoms with Crippen molar-refractivity contribution < 1.29 is 13.2 Å². The quantitative estimate of drug-likeness (QED) is 0.780. The fraction of sp³-hybridized carbons (Fsp3) is 0.538. The maximum Gasteiger partial charge on any atom is 0.417 e. The van der Waals surface area contributed by atoms with Crippen molar-refractivity contribution in [3.05, 3.63) is 28.8 Å². The van der Waals surface area contributed by atoms with Crippen LogP contribution < -0.4 is 5.32 Å². The van der Waals surface area contributed by atoms with Gasteiger partial charge in [0.25, 0.3) is 0 Å². The molecule has 1 aromatic carbocycles. The molecule has 0 aromatic heterocycles. The zero-order valence-corrected chi connectivity index (χ0v) is 11.2. The van der Waals surface area contributed by atoms with Crippen molar-refractivity contribution in [1.82, 2.24) is 0 Å². The van der Waals surface area contributed by atoms with E-state index in [0.29, 0.717) is 18.2 Å². The molecule has 1 unspecified atom stereocenters. The van der Waals surface area contributed by atoms with E-state index in [4.69, 9.17) is 11.6 Å². The topological polar surface area (TPSA) is 12.0 Å². The van der Waals surface area contributed by atoms with E-state index in [2.05, 4.69) is 19.2 Å². The highest BCUT2D eigenvalue weighted by Crippen LogP contribution is 2.36. The van der Waals surface area contributed by atoms with Gasteiger partial charge in [0, 0.05) is 12.2 Å². The third-order valence-corrected chi connectivity index (χ3v) is 3.04. The Balaban J connectivity index is 2.74. The Morgan fingerprint density at radius 1 is 1.33 bits per heavy atom. The molecule has 102 valence electrons. The Bertz CT molecular complexity index is 390. The third kappa shape index (κ3) is 4.41. The minimum Gasteiger partial charge on any atom is -0.385 e. The highest BCUT2D eigenvalue weighted by molar-refractivity contribution is 6.31. The molecule has 0 amide bonds. The lowest BCUT2D eigenvalue weighted by atomic mass is 10.1. The molecule has 0 bridgehead atoms. The first-order valence-electron chi connectivity index (χ1n) is 5.95. The Labute approximate surface area is 110 Å². The van der Waals surface area contributed by atoms with E-state index in [0.717, 1.165) is 18.9 Å². The van der Waals surface area contributed by atoms with Crippen molar-refractivity contribution in [1.29, 1.82) is 0 Å². The van der Waals surface area contributed by atoms with Gasteiger partial charge in [0.1, 0.15) is 0 Å². The van der Waals surface area contributed by atoms with E-state index >= 15 is 0 Å². The second kappa shape index (κ2) is 6.32. The van der Waals surface area contributed by atoms with Crippen molar-refractivity contribution in [2.75, 3.05) is 11.9 Å². The summed E-state index contributed by atoms with van der Waals surface area (Å²) in [6, 6.07) is 3.90. The van der Waals surface area contributed by atoms with Gasteiger partial charge in [0.05, 0.1) is 10.6 Å². The molecule has 5 heteroatoms. The van der Waals surface area contributed by atoms with Gasteiger partial charge in [-0.2, -0.15) is 13.2 Å². The monoisotopic (exact) mass is 279 g/mol. The van der Waals surface area contributed by atoms with Crippen molar-refractivity contribution in [2.24, 2.45) is 5.92 Å². The highest BCUT2D eigenvalue weighted by Gasteiger charge is 2.33. The summed E-state index contributed by atoms with van der Waals surface area (Å²) in [7, 11) is 0. The maximum absolute atomic E-state index is 12.6. The van der Waals surface area contributed by atoms with Gasteiger partial charge >= 0.3 is 6.18 Å². The Morgan fingerprint density at radius 3 is 2.56 bits per heavy atom. The number of nitrogens with one attached hydrogen (secondary N) is 1. The number of rotatable bonds is 5. The molecular weight excluding hydrogens is 263 g/mol. The molecule has 0 fully saturated rings. The van der Waals surface area contributed by atoms with Crippen LogP contribution in [0.15, 0.2) is 18.2 Å². The summed E-state index contributed by atoms with van der Waals surface area (Å²) in [6.07, 6.45) is -2.30. The first-order chi connectivity index (χ1) is 8.34. The number of hydrogen-bond donors (Lipinski definition) is 1. The molecule has 0 aliphatic carbocycles. The fourth-order valence-corrected chi connectivity index (χ4v) is 1.96. The normalized spacial score (nSPS) is 13.4. The SMILES string of the molecule is CCCC(C)CNc1ccc(Cl)c(C(F)(F)F)c1. The average molecular weight is 280 g/mol. The molecule has 18 heavy (non-hydrogen) atoms. The van der Waals surface area contributed by atoms with Crippen LogP contribution >= 0.6 is 11.6 Å². The number of anilines is 1. The van der Waals surface area contributed by atoms with Crippen LogP contribution in [0, 0.1) is 5.92 Å². The van der Waals surface area contributed by atoms with E-state index in [9.17, 15) is 13.2 Å². The summed E-state index contributed by atoms with van der Waals surface area (Å²) in [5, 5.41) is 2.74. The number of hydrogen-bond acceptors (Lipinski definition) is 1. The summed E-state index contributed by atoms with van der Waals surface area (Å²) in [5.41, 5.74) is -0.341. The largest absolute Gasteiger partial charge is 0.417 e. The Kier molecular flexibility index (Phi) is 5.32. The molecule has 1 rings (SSSR count). The van der Waals surface area contributed by atoms with Crippen LogP contribution in [0.25, 0.3) is 0 Å². The molecule has 0 heterocycles. The lowest BCUT2D eigenvalue weighted by Gasteiger charge is -2.15. The average Bonchev–Trinajstić information content (AvgIpc) is 2.27. The summed E-state index contributed by atoms with van der Waals surface area (Å²) in [6.45, 7) is 4.81. The van der Waals surface area contributed by atoms with Gasteiger partial charge in [-0.1, -0.05) is 31.9 Å². The second-order valence-electron chi connectivity index (χ2n) is 4.47. The van der Waals surface area contributed by atoms with Gasteiger partial charge in [-0.05, 0) is 30.5 Å². The lowest BCUT2D eigenvalue weighted by Crippen LogP contribution is -2.12. The first-order valence-corrected chi connectivity index (χ1v) is 6.33. The minimum atomic E-state index is -4.41. The highest BCUT2D eigenvalue weighted by atomic mass is 35.5. The molecular formula is C13H17ClF3N. The van der Waals surface area contributed by atoms with Crippen LogP contribution in [0.3, 0.4) is 0 Å². The Hall–Kier alpha value is -0.900. The van der Waals surface area contributed by atoms with Gasteiger partial charge in [0.15, 0.2) is 0 Å². The van der Waals surface area contributed by atoms with Crippen molar-refractivity contribution in [3.8, 4) is 0 Å². The first kappa shape index (κ1) is 15.2. The van der Waals surface area contributed by atoms with Crippen LogP contribution in [0.4, 0.5) is 18.9 Å². The van der Waals surface area contributed by atoms with Crippen LogP contribution in [-0.2, 0) is 6.18 Å². The van der Waals surface area contributed by atoms with Crippen LogP contribution in [0.2, 0.25) is 5.02 Å². The molecule has 1 aromatic rings. The Morgan fingerprint density at radius 2 is 2.00 bits per heavy atom. The van der Waals surface area contributed by atoms with Gasteiger partial charge in [0.2, 0.25) is 0 Å². The van der Waals surface area contributed by atoms with E-state index < -0.39 is 11.7 Å². The number of benzene rings is 1.